The van der Waals surface area contributed by atoms with E-state index in [1.54, 1.807) is 0 Å². The summed E-state index contributed by atoms with van der Waals surface area (Å²) >= 11 is 0. The molecule has 35 heavy (non-hydrogen) atoms. The second-order valence-electron chi connectivity index (χ2n) is 7.98. The number of amides is 1. The number of carbonyl (C=O) groups is 1. The van der Waals surface area contributed by atoms with Crippen LogP contribution in [0.15, 0.2) is 65.4 Å². The lowest BCUT2D eigenvalue weighted by Crippen LogP contribution is -2.32. The van der Waals surface area contributed by atoms with Gasteiger partial charge in [-0.2, -0.15) is 17.5 Å². The Balaban J connectivity index is 1.60. The molecule has 1 aliphatic heterocycles. The molecule has 3 rings (SSSR count). The normalized spacial score (nSPS) is 17.3. The highest BCUT2D eigenvalue weighted by atomic mass is 32.2. The van der Waals surface area contributed by atoms with Gasteiger partial charge >= 0.3 is 6.18 Å². The maximum Gasteiger partial charge on any atom is 0.416 e. The van der Waals surface area contributed by atoms with Crippen molar-refractivity contribution in [3.05, 3.63) is 77.2 Å². The summed E-state index contributed by atoms with van der Waals surface area (Å²) in [5.41, 5.74) is -0.401. The number of benzene rings is 2. The molecule has 13 heteroatoms. The van der Waals surface area contributed by atoms with Gasteiger partial charge in [-0.05, 0) is 54.3 Å². The summed E-state index contributed by atoms with van der Waals surface area (Å²) in [4.78, 5) is 12.4. The first-order valence-electron chi connectivity index (χ1n) is 10.5. The van der Waals surface area contributed by atoms with Gasteiger partial charge in [0, 0.05) is 37.2 Å². The summed E-state index contributed by atoms with van der Waals surface area (Å²) in [6.07, 6.45) is -4.01. The van der Waals surface area contributed by atoms with Crippen LogP contribution >= 0.6 is 0 Å². The van der Waals surface area contributed by atoms with E-state index in [2.05, 4.69) is 16.6 Å². The molecule has 0 spiro atoms. The van der Waals surface area contributed by atoms with E-state index in [1.165, 1.54) is 40.7 Å². The SMILES string of the molecule is C=CS(=O)(=O)NCC1CCN(S(=O)(=O)c2ccc(C(=O)NCc3cccc(C(F)(F)F)c3)cc2)C1. The van der Waals surface area contributed by atoms with Gasteiger partial charge in [-0.15, -0.1) is 0 Å². The molecule has 0 aliphatic carbocycles. The van der Waals surface area contributed by atoms with Crippen LogP contribution < -0.4 is 10.0 Å². The van der Waals surface area contributed by atoms with E-state index in [9.17, 15) is 34.8 Å². The highest BCUT2D eigenvalue weighted by Gasteiger charge is 2.33. The van der Waals surface area contributed by atoms with Gasteiger partial charge in [0.15, 0.2) is 0 Å². The molecule has 2 aromatic carbocycles. The molecule has 2 N–H and O–H groups in total. The molecular formula is C22H24F3N3O5S2. The maximum atomic E-state index is 12.9. The smallest absolute Gasteiger partial charge is 0.348 e. The number of carbonyl (C=O) groups excluding carboxylic acids is 1. The number of sulfonamides is 2. The molecule has 2 aromatic rings. The molecule has 1 saturated heterocycles. The molecule has 0 saturated carbocycles. The van der Waals surface area contributed by atoms with Crippen molar-refractivity contribution in [2.24, 2.45) is 5.92 Å². The van der Waals surface area contributed by atoms with Gasteiger partial charge in [0.25, 0.3) is 5.91 Å². The Labute approximate surface area is 201 Å². The summed E-state index contributed by atoms with van der Waals surface area (Å²) in [5, 5.41) is 3.30. The Morgan fingerprint density at radius 1 is 1.11 bits per heavy atom. The molecule has 1 fully saturated rings. The Morgan fingerprint density at radius 2 is 1.80 bits per heavy atom. The summed E-state index contributed by atoms with van der Waals surface area (Å²) in [6, 6.07) is 9.79. The van der Waals surface area contributed by atoms with Gasteiger partial charge in [-0.25, -0.2) is 21.6 Å². The lowest BCUT2D eigenvalue weighted by Gasteiger charge is -2.17. The molecule has 190 valence electrons. The topological polar surface area (TPSA) is 113 Å². The molecule has 8 nitrogen and oxygen atoms in total. The van der Waals surface area contributed by atoms with Crippen molar-refractivity contribution in [3.63, 3.8) is 0 Å². The average Bonchev–Trinajstić information content (AvgIpc) is 3.31. The standard InChI is InChI=1S/C22H24F3N3O5S2/c1-2-34(30,31)27-14-17-10-11-28(15-17)35(32,33)20-8-6-18(7-9-20)21(29)26-13-16-4-3-5-19(12-16)22(23,24)25/h2-9,12,17,27H,1,10-11,13-15H2,(H,26,29). The highest BCUT2D eigenvalue weighted by Crippen LogP contribution is 2.29. The number of nitrogens with one attached hydrogen (secondary N) is 2. The third-order valence-electron chi connectivity index (χ3n) is 5.50. The zero-order valence-electron chi connectivity index (χ0n) is 18.5. The molecular weight excluding hydrogens is 507 g/mol. The zero-order chi connectivity index (χ0) is 25.9. The second-order valence-corrected chi connectivity index (χ2v) is 11.6. The molecule has 1 atom stereocenters. The molecule has 1 unspecified atom stereocenters. The monoisotopic (exact) mass is 531 g/mol. The van der Waals surface area contributed by atoms with Crippen molar-refractivity contribution >= 4 is 26.0 Å². The van der Waals surface area contributed by atoms with Gasteiger partial charge in [-0.1, -0.05) is 18.7 Å². The predicted octanol–water partition coefficient (Wildman–Crippen LogP) is 2.71. The minimum Gasteiger partial charge on any atom is -0.348 e. The number of halogens is 3. The van der Waals surface area contributed by atoms with E-state index < -0.39 is 37.7 Å². The van der Waals surface area contributed by atoms with Crippen LogP contribution in [-0.2, 0) is 32.8 Å². The molecule has 1 aliphatic rings. The zero-order valence-corrected chi connectivity index (χ0v) is 20.1. The fourth-order valence-electron chi connectivity index (χ4n) is 3.54. The van der Waals surface area contributed by atoms with E-state index in [-0.39, 0.29) is 48.1 Å². The van der Waals surface area contributed by atoms with Crippen LogP contribution in [0.4, 0.5) is 13.2 Å². The average molecular weight is 532 g/mol. The summed E-state index contributed by atoms with van der Waals surface area (Å²) in [5.74, 6) is -0.762. The first-order chi connectivity index (χ1) is 16.3. The van der Waals surface area contributed by atoms with Crippen LogP contribution in [0.2, 0.25) is 0 Å². The first kappa shape index (κ1) is 26.9. The van der Waals surface area contributed by atoms with Crippen molar-refractivity contribution in [1.82, 2.24) is 14.3 Å². The van der Waals surface area contributed by atoms with Crippen molar-refractivity contribution in [3.8, 4) is 0 Å². The second kappa shape index (κ2) is 10.5. The van der Waals surface area contributed by atoms with Crippen LogP contribution in [0, 0.1) is 5.92 Å². The van der Waals surface area contributed by atoms with Gasteiger partial charge in [-0.3, -0.25) is 4.79 Å². The third-order valence-corrected chi connectivity index (χ3v) is 8.39. The number of alkyl halides is 3. The Hall–Kier alpha value is -2.74. The Kier molecular flexibility index (Phi) is 8.04. The molecule has 0 aromatic heterocycles. The largest absolute Gasteiger partial charge is 0.416 e. The van der Waals surface area contributed by atoms with E-state index >= 15 is 0 Å². The lowest BCUT2D eigenvalue weighted by atomic mass is 10.1. The van der Waals surface area contributed by atoms with Crippen LogP contribution in [0.5, 0.6) is 0 Å². The fourth-order valence-corrected chi connectivity index (χ4v) is 5.66. The summed E-state index contributed by atoms with van der Waals surface area (Å²) in [7, 11) is -7.45. The minimum absolute atomic E-state index is 0.0285. The van der Waals surface area contributed by atoms with Gasteiger partial charge in [0.1, 0.15) is 0 Å². The van der Waals surface area contributed by atoms with Crippen molar-refractivity contribution in [2.75, 3.05) is 19.6 Å². The van der Waals surface area contributed by atoms with Gasteiger partial charge in [0.2, 0.25) is 20.0 Å². The molecule has 1 heterocycles. The fraction of sp³-hybridized carbons (Fsp3) is 0.318. The number of nitrogens with zero attached hydrogens (tertiary/aromatic N) is 1. The minimum atomic E-state index is -4.49. The maximum absolute atomic E-state index is 12.9. The van der Waals surface area contributed by atoms with Gasteiger partial charge < -0.3 is 5.32 Å². The highest BCUT2D eigenvalue weighted by molar-refractivity contribution is 7.92. The van der Waals surface area contributed by atoms with Crippen LogP contribution in [0.25, 0.3) is 0 Å². The van der Waals surface area contributed by atoms with Crippen molar-refractivity contribution < 1.29 is 34.8 Å². The number of hydrogen-bond donors (Lipinski definition) is 2. The van der Waals surface area contributed by atoms with Gasteiger partial charge in [0.05, 0.1) is 10.5 Å². The van der Waals surface area contributed by atoms with Crippen LogP contribution in [0.3, 0.4) is 0 Å². The van der Waals surface area contributed by atoms with Crippen molar-refractivity contribution in [1.29, 1.82) is 0 Å². The van der Waals surface area contributed by atoms with Crippen molar-refractivity contribution in [2.45, 2.75) is 24.0 Å². The van der Waals surface area contributed by atoms with E-state index in [0.717, 1.165) is 17.5 Å². The lowest BCUT2D eigenvalue weighted by molar-refractivity contribution is -0.137. The summed E-state index contributed by atoms with van der Waals surface area (Å²) < 4.78 is 90.9. The number of rotatable bonds is 9. The molecule has 0 radical (unpaired) electrons. The number of hydrogen-bond acceptors (Lipinski definition) is 5. The van der Waals surface area contributed by atoms with E-state index in [0.29, 0.717) is 6.42 Å². The Bertz CT molecular complexity index is 1290. The quantitative estimate of drug-likeness (QED) is 0.517. The van der Waals surface area contributed by atoms with E-state index in [1.807, 2.05) is 0 Å². The predicted molar refractivity (Wildman–Crippen MR) is 123 cm³/mol. The first-order valence-corrected chi connectivity index (χ1v) is 13.5. The summed E-state index contributed by atoms with van der Waals surface area (Å²) in [6.45, 7) is 3.53. The van der Waals surface area contributed by atoms with Crippen LogP contribution in [-0.4, -0.2) is 46.7 Å². The Morgan fingerprint density at radius 3 is 2.43 bits per heavy atom. The molecule has 0 bridgehead atoms. The molecule has 1 amide bonds. The van der Waals surface area contributed by atoms with Crippen LogP contribution in [0.1, 0.15) is 27.9 Å². The van der Waals surface area contributed by atoms with E-state index in [4.69, 9.17) is 0 Å². The third kappa shape index (κ3) is 6.90.